The van der Waals surface area contributed by atoms with Crippen LogP contribution >= 0.6 is 0 Å². The van der Waals surface area contributed by atoms with Crippen LogP contribution in [0.15, 0.2) is 35.9 Å². The molecule has 1 unspecified atom stereocenters. The van der Waals surface area contributed by atoms with E-state index in [1.54, 1.807) is 0 Å². The van der Waals surface area contributed by atoms with Crippen molar-refractivity contribution < 1.29 is 40.6 Å². The van der Waals surface area contributed by atoms with Crippen molar-refractivity contribution in [1.29, 1.82) is 0 Å². The van der Waals surface area contributed by atoms with Gasteiger partial charge in [0.05, 0.1) is 19.3 Å². The van der Waals surface area contributed by atoms with Crippen LogP contribution in [0.3, 0.4) is 0 Å². The largest absolute Gasteiger partial charge is 0.491 e. The Morgan fingerprint density at radius 3 is 2.25 bits per heavy atom. The molecular formula is C23H22F6O3. The summed E-state index contributed by atoms with van der Waals surface area (Å²) < 4.78 is 101. The van der Waals surface area contributed by atoms with Crippen LogP contribution in [0.2, 0.25) is 0 Å². The monoisotopic (exact) mass is 460 g/mol. The van der Waals surface area contributed by atoms with Crippen LogP contribution in [0.4, 0.5) is 26.3 Å². The molecule has 0 saturated carbocycles. The summed E-state index contributed by atoms with van der Waals surface area (Å²) in [4.78, 5) is 0. The van der Waals surface area contributed by atoms with Gasteiger partial charge in [-0.05, 0) is 43.5 Å². The first-order valence-corrected chi connectivity index (χ1v) is 10.1. The number of rotatable bonds is 8. The van der Waals surface area contributed by atoms with E-state index in [1.165, 1.54) is 6.92 Å². The Kier molecular flexibility index (Phi) is 7.38. The van der Waals surface area contributed by atoms with E-state index in [9.17, 15) is 26.3 Å². The van der Waals surface area contributed by atoms with Crippen LogP contribution in [0.5, 0.6) is 11.5 Å². The fraction of sp³-hybridized carbons (Fsp3) is 0.391. The summed E-state index contributed by atoms with van der Waals surface area (Å²) in [6.45, 7) is 3.78. The maximum Gasteiger partial charge on any atom is 0.429 e. The van der Waals surface area contributed by atoms with Gasteiger partial charge in [-0.25, -0.2) is 8.78 Å². The van der Waals surface area contributed by atoms with Gasteiger partial charge >= 0.3 is 6.11 Å². The minimum Gasteiger partial charge on any atom is -0.491 e. The number of alkyl halides is 2. The molecule has 0 saturated heterocycles. The average molecular weight is 460 g/mol. The second kappa shape index (κ2) is 9.85. The lowest BCUT2D eigenvalue weighted by atomic mass is 9.98. The molecule has 0 amide bonds. The lowest BCUT2D eigenvalue weighted by molar-refractivity contribution is -0.189. The summed E-state index contributed by atoms with van der Waals surface area (Å²) in [5, 5.41) is 0. The molecule has 1 aliphatic rings. The highest BCUT2D eigenvalue weighted by Crippen LogP contribution is 2.39. The first kappa shape index (κ1) is 24.0. The van der Waals surface area contributed by atoms with Crippen LogP contribution in [0, 0.1) is 23.3 Å². The third-order valence-electron chi connectivity index (χ3n) is 4.98. The van der Waals surface area contributed by atoms with Crippen molar-refractivity contribution in [3.05, 3.63) is 70.3 Å². The maximum absolute atomic E-state index is 14.6. The predicted molar refractivity (Wildman–Crippen MR) is 105 cm³/mol. The molecule has 2 aromatic rings. The van der Waals surface area contributed by atoms with E-state index in [1.807, 2.05) is 13.0 Å². The van der Waals surface area contributed by atoms with E-state index in [0.29, 0.717) is 6.07 Å². The second-order valence-electron chi connectivity index (χ2n) is 7.22. The lowest BCUT2D eigenvalue weighted by Gasteiger charge is -2.25. The number of halogens is 6. The number of benzene rings is 2. The number of ether oxygens (including phenoxy) is 3. The minimum atomic E-state index is -4.48. The predicted octanol–water partition coefficient (Wildman–Crippen LogP) is 6.96. The highest BCUT2D eigenvalue weighted by Gasteiger charge is 2.41. The second-order valence-corrected chi connectivity index (χ2v) is 7.22. The van der Waals surface area contributed by atoms with Crippen molar-refractivity contribution in [2.24, 2.45) is 0 Å². The summed E-state index contributed by atoms with van der Waals surface area (Å²) in [6.07, 6.45) is -1.45. The van der Waals surface area contributed by atoms with Gasteiger partial charge in [-0.2, -0.15) is 17.6 Å². The highest BCUT2D eigenvalue weighted by molar-refractivity contribution is 5.37. The lowest BCUT2D eigenvalue weighted by Crippen LogP contribution is -2.25. The molecule has 0 aromatic heterocycles. The van der Waals surface area contributed by atoms with Crippen LogP contribution < -0.4 is 9.47 Å². The zero-order chi connectivity index (χ0) is 23.5. The SMILES string of the molecule is CCCC1=CCC(c2ccc(C(F)(F)Oc3ccc(OCC)c(F)c3F)c(F)c2F)OC1. The van der Waals surface area contributed by atoms with Gasteiger partial charge in [-0.3, -0.25) is 0 Å². The van der Waals surface area contributed by atoms with E-state index < -0.39 is 52.5 Å². The number of hydrogen-bond donors (Lipinski definition) is 0. The Morgan fingerprint density at radius 2 is 1.62 bits per heavy atom. The Balaban J connectivity index is 1.85. The molecule has 2 aromatic carbocycles. The molecule has 0 radical (unpaired) electrons. The van der Waals surface area contributed by atoms with E-state index in [0.717, 1.165) is 36.6 Å². The molecule has 3 nitrogen and oxygen atoms in total. The van der Waals surface area contributed by atoms with E-state index in [-0.39, 0.29) is 25.2 Å². The van der Waals surface area contributed by atoms with E-state index in [2.05, 4.69) is 4.74 Å². The molecule has 1 aliphatic heterocycles. The van der Waals surface area contributed by atoms with Crippen molar-refractivity contribution in [2.75, 3.05) is 13.2 Å². The third kappa shape index (κ3) is 4.87. The van der Waals surface area contributed by atoms with Gasteiger partial charge in [0, 0.05) is 5.56 Å². The summed E-state index contributed by atoms with van der Waals surface area (Å²) in [7, 11) is 0. The smallest absolute Gasteiger partial charge is 0.429 e. The van der Waals surface area contributed by atoms with Gasteiger partial charge < -0.3 is 14.2 Å². The van der Waals surface area contributed by atoms with Gasteiger partial charge in [0.2, 0.25) is 11.6 Å². The normalized spacial score (nSPS) is 16.6. The summed E-state index contributed by atoms with van der Waals surface area (Å²) in [5.74, 6) is -8.31. The van der Waals surface area contributed by atoms with Crippen molar-refractivity contribution in [3.63, 3.8) is 0 Å². The molecule has 0 spiro atoms. The van der Waals surface area contributed by atoms with Crippen LogP contribution in [0.25, 0.3) is 0 Å². The van der Waals surface area contributed by atoms with Gasteiger partial charge in [-0.15, -0.1) is 0 Å². The topological polar surface area (TPSA) is 27.7 Å². The van der Waals surface area contributed by atoms with Crippen molar-refractivity contribution in [3.8, 4) is 11.5 Å². The molecule has 3 rings (SSSR count). The minimum absolute atomic E-state index is 0.0178. The Hall–Kier alpha value is -2.68. The Morgan fingerprint density at radius 1 is 0.938 bits per heavy atom. The summed E-state index contributed by atoms with van der Waals surface area (Å²) in [5.41, 5.74) is -0.636. The van der Waals surface area contributed by atoms with Crippen molar-refractivity contribution in [2.45, 2.75) is 45.3 Å². The molecular weight excluding hydrogens is 438 g/mol. The molecule has 174 valence electrons. The average Bonchev–Trinajstić information content (AvgIpc) is 2.76. The first-order valence-electron chi connectivity index (χ1n) is 10.1. The molecule has 1 heterocycles. The molecule has 32 heavy (non-hydrogen) atoms. The Bertz CT molecular complexity index is 1010. The van der Waals surface area contributed by atoms with Gasteiger partial charge in [0.25, 0.3) is 0 Å². The van der Waals surface area contributed by atoms with Crippen molar-refractivity contribution in [1.82, 2.24) is 0 Å². The van der Waals surface area contributed by atoms with E-state index in [4.69, 9.17) is 9.47 Å². The van der Waals surface area contributed by atoms with Gasteiger partial charge in [0.15, 0.2) is 23.1 Å². The molecule has 0 N–H and O–H groups in total. The fourth-order valence-electron chi connectivity index (χ4n) is 3.41. The molecule has 1 atom stereocenters. The van der Waals surface area contributed by atoms with Gasteiger partial charge in [-0.1, -0.05) is 25.5 Å². The van der Waals surface area contributed by atoms with Crippen molar-refractivity contribution >= 4 is 0 Å². The quantitative estimate of drug-likeness (QED) is 0.315. The molecule has 0 fully saturated rings. The first-order chi connectivity index (χ1) is 15.2. The zero-order valence-corrected chi connectivity index (χ0v) is 17.5. The fourth-order valence-corrected chi connectivity index (χ4v) is 3.41. The van der Waals surface area contributed by atoms with Crippen LogP contribution in [-0.4, -0.2) is 13.2 Å². The van der Waals surface area contributed by atoms with E-state index >= 15 is 0 Å². The Labute approximate surface area is 181 Å². The third-order valence-corrected chi connectivity index (χ3v) is 4.98. The summed E-state index contributed by atoms with van der Waals surface area (Å²) >= 11 is 0. The molecule has 0 bridgehead atoms. The van der Waals surface area contributed by atoms with Crippen LogP contribution in [-0.2, 0) is 10.8 Å². The molecule has 0 aliphatic carbocycles. The highest BCUT2D eigenvalue weighted by atomic mass is 19.3. The standard InChI is InChI=1S/C23H22F6O3/c1-3-5-13-6-9-16(31-12-13)14-7-8-15(20(25)19(14)24)23(28,29)32-18-11-10-17(30-4-2)21(26)22(18)27/h6-8,10-11,16H,3-5,9,12H2,1-2H3. The zero-order valence-electron chi connectivity index (χ0n) is 17.5. The van der Waals surface area contributed by atoms with Gasteiger partial charge in [0.1, 0.15) is 5.56 Å². The molecule has 9 heteroatoms. The summed E-state index contributed by atoms with van der Waals surface area (Å²) in [6, 6.07) is 3.23. The number of hydrogen-bond acceptors (Lipinski definition) is 3. The van der Waals surface area contributed by atoms with Crippen LogP contribution in [0.1, 0.15) is 50.3 Å². The maximum atomic E-state index is 14.6.